The lowest BCUT2D eigenvalue weighted by Gasteiger charge is -2.12. The quantitative estimate of drug-likeness (QED) is 0.644. The molecule has 0 aliphatic carbocycles. The van der Waals surface area contributed by atoms with Gasteiger partial charge in [0.2, 0.25) is 10.0 Å². The number of ether oxygens (including phenoxy) is 1. The van der Waals surface area contributed by atoms with Crippen LogP contribution < -0.4 is 10.0 Å². The number of hydrogen-bond acceptors (Lipinski definition) is 4. The van der Waals surface area contributed by atoms with Crippen molar-refractivity contribution in [3.8, 4) is 0 Å². The summed E-state index contributed by atoms with van der Waals surface area (Å²) >= 11 is 0. The Bertz CT molecular complexity index is 517. The van der Waals surface area contributed by atoms with Gasteiger partial charge in [-0.15, -0.1) is 0 Å². The van der Waals surface area contributed by atoms with Crippen LogP contribution in [0.15, 0.2) is 24.3 Å². The van der Waals surface area contributed by atoms with Gasteiger partial charge in [-0.3, -0.25) is 0 Å². The van der Waals surface area contributed by atoms with E-state index in [1.165, 1.54) is 0 Å². The maximum absolute atomic E-state index is 12.0. The Morgan fingerprint density at radius 3 is 2.67 bits per heavy atom. The minimum atomic E-state index is -3.33. The molecule has 2 N–H and O–H groups in total. The zero-order valence-corrected chi connectivity index (χ0v) is 13.9. The molecule has 5 nitrogen and oxygen atoms in total. The van der Waals surface area contributed by atoms with Gasteiger partial charge in [-0.2, -0.15) is 0 Å². The van der Waals surface area contributed by atoms with Crippen LogP contribution in [0.5, 0.6) is 0 Å². The maximum atomic E-state index is 12.0. The van der Waals surface area contributed by atoms with E-state index < -0.39 is 10.0 Å². The third-order valence-corrected chi connectivity index (χ3v) is 4.42. The molecule has 1 atom stereocenters. The highest BCUT2D eigenvalue weighted by molar-refractivity contribution is 7.88. The van der Waals surface area contributed by atoms with Crippen LogP contribution in [0.4, 0.5) is 0 Å². The van der Waals surface area contributed by atoms with Crippen LogP contribution in [-0.2, 0) is 27.1 Å². The molecule has 0 spiro atoms. The van der Waals surface area contributed by atoms with E-state index in [4.69, 9.17) is 4.74 Å². The third-order valence-electron chi connectivity index (χ3n) is 3.10. The Hall–Kier alpha value is -0.950. The molecule has 0 fully saturated rings. The van der Waals surface area contributed by atoms with Crippen LogP contribution in [0.25, 0.3) is 0 Å². The van der Waals surface area contributed by atoms with Gasteiger partial charge in [0.25, 0.3) is 0 Å². The van der Waals surface area contributed by atoms with Crippen molar-refractivity contribution in [3.63, 3.8) is 0 Å². The molecule has 0 saturated carbocycles. The third kappa shape index (κ3) is 7.57. The molecule has 1 aromatic carbocycles. The molecule has 0 aliphatic rings. The van der Waals surface area contributed by atoms with E-state index in [-0.39, 0.29) is 18.4 Å². The molecule has 0 heterocycles. The van der Waals surface area contributed by atoms with E-state index in [9.17, 15) is 8.42 Å². The van der Waals surface area contributed by atoms with Crippen molar-refractivity contribution >= 4 is 10.0 Å². The van der Waals surface area contributed by atoms with Crippen molar-refractivity contribution in [1.29, 1.82) is 0 Å². The van der Waals surface area contributed by atoms with E-state index in [0.29, 0.717) is 0 Å². The van der Waals surface area contributed by atoms with Crippen molar-refractivity contribution < 1.29 is 13.2 Å². The lowest BCUT2D eigenvalue weighted by Crippen LogP contribution is -2.32. The normalized spacial score (nSPS) is 13.3. The van der Waals surface area contributed by atoms with Crippen LogP contribution in [-0.4, -0.2) is 34.7 Å². The Balaban J connectivity index is 2.58. The summed E-state index contributed by atoms with van der Waals surface area (Å²) in [6, 6.07) is 7.66. The predicted octanol–water partition coefficient (Wildman–Crippen LogP) is 1.64. The van der Waals surface area contributed by atoms with Gasteiger partial charge >= 0.3 is 0 Å². The van der Waals surface area contributed by atoms with Crippen LogP contribution in [0, 0.1) is 0 Å². The molecule has 0 aromatic heterocycles. The van der Waals surface area contributed by atoms with Crippen molar-refractivity contribution in [3.05, 3.63) is 35.4 Å². The highest BCUT2D eigenvalue weighted by Crippen LogP contribution is 2.09. The Morgan fingerprint density at radius 1 is 1.29 bits per heavy atom. The van der Waals surface area contributed by atoms with Gasteiger partial charge in [0.15, 0.2) is 0 Å². The number of sulfonamides is 1. The molecule has 1 unspecified atom stereocenters. The summed E-state index contributed by atoms with van der Waals surface area (Å²) in [5, 5.41) is 3.31. The predicted molar refractivity (Wildman–Crippen MR) is 85.5 cm³/mol. The SMILES string of the molecule is CCCNCc1cccc(CS(=O)(=O)NCC(C)OC)c1. The van der Waals surface area contributed by atoms with Crippen LogP contribution in [0.1, 0.15) is 31.4 Å². The second kappa shape index (κ2) is 9.15. The first-order chi connectivity index (χ1) is 9.96. The van der Waals surface area contributed by atoms with Crippen molar-refractivity contribution in [2.24, 2.45) is 0 Å². The van der Waals surface area contributed by atoms with Gasteiger partial charge in [0, 0.05) is 20.2 Å². The smallest absolute Gasteiger partial charge is 0.215 e. The Morgan fingerprint density at radius 2 is 2.00 bits per heavy atom. The van der Waals surface area contributed by atoms with E-state index in [0.717, 1.165) is 30.6 Å². The van der Waals surface area contributed by atoms with E-state index in [2.05, 4.69) is 17.0 Å². The van der Waals surface area contributed by atoms with Gasteiger partial charge in [-0.05, 0) is 31.0 Å². The molecule has 0 amide bonds. The standard InChI is InChI=1S/C15H26N2O3S/c1-4-8-16-11-14-6-5-7-15(9-14)12-21(18,19)17-10-13(2)20-3/h5-7,9,13,16-17H,4,8,10-12H2,1-3H3. The summed E-state index contributed by atoms with van der Waals surface area (Å²) in [5.41, 5.74) is 1.89. The summed E-state index contributed by atoms with van der Waals surface area (Å²) in [6.07, 6.45) is 0.944. The Labute approximate surface area is 128 Å². The van der Waals surface area contributed by atoms with E-state index in [1.807, 2.05) is 31.2 Å². The lowest BCUT2D eigenvalue weighted by molar-refractivity contribution is 0.122. The topological polar surface area (TPSA) is 67.4 Å². The van der Waals surface area contributed by atoms with E-state index >= 15 is 0 Å². The minimum absolute atomic E-state index is 0.00888. The zero-order chi connectivity index (χ0) is 15.7. The first-order valence-electron chi connectivity index (χ1n) is 7.25. The number of rotatable bonds is 10. The molecule has 120 valence electrons. The minimum Gasteiger partial charge on any atom is -0.380 e. The largest absolute Gasteiger partial charge is 0.380 e. The van der Waals surface area contributed by atoms with Crippen LogP contribution >= 0.6 is 0 Å². The van der Waals surface area contributed by atoms with Crippen molar-refractivity contribution in [2.45, 2.75) is 38.7 Å². The fraction of sp³-hybridized carbons (Fsp3) is 0.600. The van der Waals surface area contributed by atoms with E-state index in [1.54, 1.807) is 7.11 Å². The fourth-order valence-corrected chi connectivity index (χ4v) is 3.05. The number of methoxy groups -OCH3 is 1. The fourth-order valence-electron chi connectivity index (χ4n) is 1.84. The highest BCUT2D eigenvalue weighted by Gasteiger charge is 2.13. The molecule has 0 saturated heterocycles. The number of benzene rings is 1. The molecule has 6 heteroatoms. The maximum Gasteiger partial charge on any atom is 0.215 e. The van der Waals surface area contributed by atoms with Gasteiger partial charge in [0.05, 0.1) is 11.9 Å². The van der Waals surface area contributed by atoms with Gasteiger partial charge in [0.1, 0.15) is 0 Å². The highest BCUT2D eigenvalue weighted by atomic mass is 32.2. The van der Waals surface area contributed by atoms with Gasteiger partial charge in [-0.1, -0.05) is 31.2 Å². The average molecular weight is 314 g/mol. The summed E-state index contributed by atoms with van der Waals surface area (Å²) in [5.74, 6) is -0.00888. The van der Waals surface area contributed by atoms with Crippen LogP contribution in [0.3, 0.4) is 0 Å². The molecule has 0 radical (unpaired) electrons. The summed E-state index contributed by atoms with van der Waals surface area (Å²) in [4.78, 5) is 0. The lowest BCUT2D eigenvalue weighted by atomic mass is 10.1. The summed E-state index contributed by atoms with van der Waals surface area (Å²) < 4.78 is 31.6. The zero-order valence-electron chi connectivity index (χ0n) is 13.1. The summed E-state index contributed by atoms with van der Waals surface area (Å²) in [7, 11) is -1.77. The molecule has 1 aromatic rings. The van der Waals surface area contributed by atoms with Crippen LogP contribution in [0.2, 0.25) is 0 Å². The number of nitrogens with one attached hydrogen (secondary N) is 2. The Kier molecular flexibility index (Phi) is 7.88. The van der Waals surface area contributed by atoms with Crippen molar-refractivity contribution in [1.82, 2.24) is 10.0 Å². The molecular weight excluding hydrogens is 288 g/mol. The molecule has 21 heavy (non-hydrogen) atoms. The summed E-state index contributed by atoms with van der Waals surface area (Å²) in [6.45, 7) is 5.94. The first kappa shape index (κ1) is 18.1. The second-order valence-corrected chi connectivity index (χ2v) is 6.96. The molecule has 1 rings (SSSR count). The van der Waals surface area contributed by atoms with Gasteiger partial charge < -0.3 is 10.1 Å². The molecule has 0 aliphatic heterocycles. The monoisotopic (exact) mass is 314 g/mol. The van der Waals surface area contributed by atoms with Gasteiger partial charge in [-0.25, -0.2) is 13.1 Å². The first-order valence-corrected chi connectivity index (χ1v) is 8.90. The second-order valence-electron chi connectivity index (χ2n) is 5.15. The average Bonchev–Trinajstić information content (AvgIpc) is 2.45. The molecular formula is C15H26N2O3S. The molecule has 0 bridgehead atoms. The van der Waals surface area contributed by atoms with Crippen molar-refractivity contribution in [2.75, 3.05) is 20.2 Å². The number of hydrogen-bond donors (Lipinski definition) is 2.